The molecular weight excluding hydrogens is 344 g/mol. The van der Waals surface area contributed by atoms with Crippen LogP contribution in [0.1, 0.15) is 40.5 Å². The van der Waals surface area contributed by atoms with Gasteiger partial charge in [0.2, 0.25) is 0 Å². The van der Waals surface area contributed by atoms with Gasteiger partial charge >= 0.3 is 0 Å². The molecule has 1 aliphatic carbocycles. The Labute approximate surface area is 156 Å². The lowest BCUT2D eigenvalue weighted by atomic mass is 10.1. The molecule has 0 atom stereocenters. The van der Waals surface area contributed by atoms with E-state index < -0.39 is 0 Å². The molecule has 4 rings (SSSR count). The van der Waals surface area contributed by atoms with Crippen molar-refractivity contribution in [3.8, 4) is 5.75 Å². The second-order valence-electron chi connectivity index (χ2n) is 6.77. The van der Waals surface area contributed by atoms with Crippen molar-refractivity contribution in [2.75, 3.05) is 14.2 Å². The van der Waals surface area contributed by atoms with E-state index in [2.05, 4.69) is 15.0 Å². The first kappa shape index (κ1) is 17.2. The first-order chi connectivity index (χ1) is 13.1. The number of nitrogens with one attached hydrogen (secondary N) is 1. The van der Waals surface area contributed by atoms with Gasteiger partial charge in [-0.3, -0.25) is 14.6 Å². The summed E-state index contributed by atoms with van der Waals surface area (Å²) in [6.45, 7) is 0.342. The summed E-state index contributed by atoms with van der Waals surface area (Å²) in [7, 11) is 3.27. The Kier molecular flexibility index (Phi) is 4.35. The van der Waals surface area contributed by atoms with Crippen molar-refractivity contribution >= 4 is 16.8 Å². The molecular formula is C20H20N4O3. The molecule has 0 unspecified atom stereocenters. The SMILES string of the molecule is COc1ccc(CN(C)C(=O)c2cnc(C3CC3)[nH]c2=O)c2cccnc12. The highest BCUT2D eigenvalue weighted by Gasteiger charge is 2.27. The molecule has 2 aromatic heterocycles. The summed E-state index contributed by atoms with van der Waals surface area (Å²) in [4.78, 5) is 37.9. The number of nitrogens with zero attached hydrogens (tertiary/aromatic N) is 3. The second kappa shape index (κ2) is 6.83. The Hall–Kier alpha value is -3.22. The van der Waals surface area contributed by atoms with Crippen LogP contribution in [0.25, 0.3) is 10.9 Å². The normalized spacial score (nSPS) is 13.6. The minimum atomic E-state index is -0.384. The lowest BCUT2D eigenvalue weighted by Gasteiger charge is -2.18. The van der Waals surface area contributed by atoms with Crippen LogP contribution in [-0.2, 0) is 6.54 Å². The molecule has 3 aromatic rings. The van der Waals surface area contributed by atoms with Gasteiger partial charge < -0.3 is 14.6 Å². The highest BCUT2D eigenvalue weighted by Crippen LogP contribution is 2.37. The highest BCUT2D eigenvalue weighted by atomic mass is 16.5. The third-order valence-corrected chi connectivity index (χ3v) is 4.81. The zero-order valence-electron chi connectivity index (χ0n) is 15.2. The van der Waals surface area contributed by atoms with Crippen LogP contribution < -0.4 is 10.3 Å². The highest BCUT2D eigenvalue weighted by molar-refractivity contribution is 5.94. The summed E-state index contributed by atoms with van der Waals surface area (Å²) in [6, 6.07) is 7.53. The van der Waals surface area contributed by atoms with Crippen molar-refractivity contribution in [1.82, 2.24) is 19.9 Å². The van der Waals surface area contributed by atoms with Gasteiger partial charge in [-0.15, -0.1) is 0 Å². The molecule has 0 aliphatic heterocycles. The largest absolute Gasteiger partial charge is 0.494 e. The van der Waals surface area contributed by atoms with Crippen LogP contribution in [0.15, 0.2) is 41.5 Å². The molecule has 7 nitrogen and oxygen atoms in total. The molecule has 7 heteroatoms. The summed E-state index contributed by atoms with van der Waals surface area (Å²) in [5, 5.41) is 0.910. The molecule has 1 aromatic carbocycles. The Morgan fingerprint density at radius 2 is 2.11 bits per heavy atom. The van der Waals surface area contributed by atoms with E-state index in [0.29, 0.717) is 24.0 Å². The first-order valence-electron chi connectivity index (χ1n) is 8.83. The lowest BCUT2D eigenvalue weighted by molar-refractivity contribution is 0.0783. The summed E-state index contributed by atoms with van der Waals surface area (Å²) in [5.41, 5.74) is 1.34. The number of carbonyl (C=O) groups is 1. The van der Waals surface area contributed by atoms with E-state index in [1.54, 1.807) is 20.4 Å². The van der Waals surface area contributed by atoms with Crippen LogP contribution in [0, 0.1) is 0 Å². The van der Waals surface area contributed by atoms with Crippen LogP contribution >= 0.6 is 0 Å². The van der Waals surface area contributed by atoms with E-state index in [0.717, 1.165) is 29.3 Å². The fourth-order valence-electron chi connectivity index (χ4n) is 3.17. The number of rotatable bonds is 5. The molecule has 0 spiro atoms. The minimum absolute atomic E-state index is 0.0536. The topological polar surface area (TPSA) is 88.2 Å². The molecule has 138 valence electrons. The van der Waals surface area contributed by atoms with E-state index in [1.807, 2.05) is 24.3 Å². The van der Waals surface area contributed by atoms with Gasteiger partial charge in [-0.1, -0.05) is 12.1 Å². The number of methoxy groups -OCH3 is 1. The van der Waals surface area contributed by atoms with Crippen molar-refractivity contribution in [3.05, 3.63) is 64.0 Å². The van der Waals surface area contributed by atoms with E-state index in [9.17, 15) is 9.59 Å². The smallest absolute Gasteiger partial charge is 0.263 e. The number of benzene rings is 1. The van der Waals surface area contributed by atoms with E-state index in [-0.39, 0.29) is 17.0 Å². The lowest BCUT2D eigenvalue weighted by Crippen LogP contribution is -2.32. The van der Waals surface area contributed by atoms with E-state index >= 15 is 0 Å². The number of pyridine rings is 1. The Balaban J connectivity index is 1.61. The zero-order valence-corrected chi connectivity index (χ0v) is 15.2. The predicted octanol–water partition coefficient (Wildman–Crippen LogP) is 2.48. The van der Waals surface area contributed by atoms with Gasteiger partial charge in [0.05, 0.1) is 7.11 Å². The zero-order chi connectivity index (χ0) is 19.0. The molecule has 1 fully saturated rings. The molecule has 0 bridgehead atoms. The number of hydrogen-bond donors (Lipinski definition) is 1. The Bertz CT molecular complexity index is 1070. The minimum Gasteiger partial charge on any atom is -0.494 e. The van der Waals surface area contributed by atoms with Gasteiger partial charge in [0.25, 0.3) is 11.5 Å². The molecule has 0 radical (unpaired) electrons. The van der Waals surface area contributed by atoms with Gasteiger partial charge in [-0.05, 0) is 30.5 Å². The maximum Gasteiger partial charge on any atom is 0.263 e. The number of aromatic amines is 1. The maximum atomic E-state index is 12.8. The monoisotopic (exact) mass is 364 g/mol. The van der Waals surface area contributed by atoms with Crippen LogP contribution in [0.3, 0.4) is 0 Å². The average Bonchev–Trinajstić information content (AvgIpc) is 3.53. The van der Waals surface area contributed by atoms with Crippen LogP contribution in [0.5, 0.6) is 5.75 Å². The molecule has 27 heavy (non-hydrogen) atoms. The van der Waals surface area contributed by atoms with Crippen molar-refractivity contribution in [2.45, 2.75) is 25.3 Å². The molecule has 2 heterocycles. The maximum absolute atomic E-state index is 12.8. The predicted molar refractivity (Wildman–Crippen MR) is 101 cm³/mol. The number of H-pyrrole nitrogens is 1. The van der Waals surface area contributed by atoms with Crippen molar-refractivity contribution < 1.29 is 9.53 Å². The van der Waals surface area contributed by atoms with Crippen LogP contribution in [-0.4, -0.2) is 39.9 Å². The van der Waals surface area contributed by atoms with Gasteiger partial charge in [-0.25, -0.2) is 4.98 Å². The number of carbonyl (C=O) groups excluding carboxylic acids is 1. The second-order valence-corrected chi connectivity index (χ2v) is 6.77. The molecule has 0 saturated heterocycles. The summed E-state index contributed by atoms with van der Waals surface area (Å²) < 4.78 is 5.36. The van der Waals surface area contributed by atoms with Gasteiger partial charge in [0, 0.05) is 37.3 Å². The summed E-state index contributed by atoms with van der Waals surface area (Å²) in [6.07, 6.45) is 5.17. The third-order valence-electron chi connectivity index (χ3n) is 4.81. The van der Waals surface area contributed by atoms with E-state index in [4.69, 9.17) is 4.74 Å². The van der Waals surface area contributed by atoms with Gasteiger partial charge in [-0.2, -0.15) is 0 Å². The number of aromatic nitrogens is 3. The standard InChI is InChI=1S/C20H20N4O3/c1-24(20(26)15-10-22-18(12-5-6-12)23-19(15)25)11-13-7-8-16(27-2)17-14(13)4-3-9-21-17/h3-4,7-10,12H,5-6,11H2,1-2H3,(H,22,23,25). The van der Waals surface area contributed by atoms with Crippen LogP contribution in [0.4, 0.5) is 0 Å². The van der Waals surface area contributed by atoms with Gasteiger partial charge in [0.15, 0.2) is 0 Å². The van der Waals surface area contributed by atoms with Crippen molar-refractivity contribution in [1.29, 1.82) is 0 Å². The molecule has 1 aliphatic rings. The molecule has 1 N–H and O–H groups in total. The van der Waals surface area contributed by atoms with Crippen molar-refractivity contribution in [3.63, 3.8) is 0 Å². The fourth-order valence-corrected chi connectivity index (χ4v) is 3.17. The first-order valence-corrected chi connectivity index (χ1v) is 8.83. The van der Waals surface area contributed by atoms with E-state index in [1.165, 1.54) is 11.1 Å². The average molecular weight is 364 g/mol. The van der Waals surface area contributed by atoms with Gasteiger partial charge in [0.1, 0.15) is 22.7 Å². The third kappa shape index (κ3) is 3.28. The quantitative estimate of drug-likeness (QED) is 0.751. The Morgan fingerprint density at radius 3 is 2.81 bits per heavy atom. The summed E-state index contributed by atoms with van der Waals surface area (Å²) in [5.74, 6) is 1.32. The number of amides is 1. The molecule has 1 saturated carbocycles. The van der Waals surface area contributed by atoms with Crippen molar-refractivity contribution in [2.24, 2.45) is 0 Å². The van der Waals surface area contributed by atoms with Crippen LogP contribution in [0.2, 0.25) is 0 Å². The Morgan fingerprint density at radius 1 is 1.30 bits per heavy atom. The number of fused-ring (bicyclic) bond motifs is 1. The summed E-state index contributed by atoms with van der Waals surface area (Å²) >= 11 is 0. The number of hydrogen-bond acceptors (Lipinski definition) is 5. The molecule has 1 amide bonds. The fraction of sp³-hybridized carbons (Fsp3) is 0.300. The number of ether oxygens (including phenoxy) is 1.